The van der Waals surface area contributed by atoms with Gasteiger partial charge in [0, 0.05) is 30.7 Å². The van der Waals surface area contributed by atoms with Crippen LogP contribution in [0.3, 0.4) is 0 Å². The molecule has 5 nitrogen and oxygen atoms in total. The summed E-state index contributed by atoms with van der Waals surface area (Å²) in [6.07, 6.45) is 6.48. The topological polar surface area (TPSA) is 62.6 Å². The summed E-state index contributed by atoms with van der Waals surface area (Å²) >= 11 is 0. The number of carbonyl (C=O) groups excluding carboxylic acids is 2. The summed E-state index contributed by atoms with van der Waals surface area (Å²) in [5, 5.41) is 6.12. The van der Waals surface area contributed by atoms with Crippen LogP contribution in [0.4, 0.5) is 0 Å². The van der Waals surface area contributed by atoms with Crippen LogP contribution in [0.15, 0.2) is 0 Å². The molecule has 1 heterocycles. The van der Waals surface area contributed by atoms with E-state index in [0.717, 1.165) is 56.4 Å². The minimum absolute atomic E-state index is 0.0251. The van der Waals surface area contributed by atoms with E-state index in [1.807, 2.05) is 13.8 Å². The first-order valence-electron chi connectivity index (χ1n) is 11.7. The summed E-state index contributed by atoms with van der Waals surface area (Å²) < 4.78 is 0. The van der Waals surface area contributed by atoms with Gasteiger partial charge in [-0.05, 0) is 43.9 Å². The second-order valence-corrected chi connectivity index (χ2v) is 10.2. The number of rotatable bonds is 8. The Morgan fingerprint density at radius 1 is 0.964 bits per heavy atom. The lowest BCUT2D eigenvalue weighted by Gasteiger charge is -2.32. The third-order valence-electron chi connectivity index (χ3n) is 6.72. The number of likely N-dealkylation sites (tertiary alicyclic amines) is 1. The van der Waals surface area contributed by atoms with E-state index in [2.05, 4.69) is 31.4 Å². The van der Waals surface area contributed by atoms with E-state index in [9.17, 15) is 9.59 Å². The fraction of sp³-hybridized carbons (Fsp3) is 0.913. The lowest BCUT2D eigenvalue weighted by molar-refractivity contribution is -0.912. The fourth-order valence-corrected chi connectivity index (χ4v) is 5.11. The highest BCUT2D eigenvalue weighted by Gasteiger charge is 2.30. The normalized spacial score (nSPS) is 32.0. The number of nitrogens with one attached hydrogen (secondary N) is 3. The van der Waals surface area contributed by atoms with E-state index in [0.29, 0.717) is 6.54 Å². The summed E-state index contributed by atoms with van der Waals surface area (Å²) in [5.74, 6) is 2.55. The molecular weight excluding hydrogens is 350 g/mol. The molecule has 0 aromatic carbocycles. The molecule has 2 aliphatic rings. The lowest BCUT2D eigenvalue weighted by atomic mass is 9.82. The SMILES string of the molecule is CC1CCC(C(=O)N[C@H](C(=O)NCCC[NH+]2C[C@H](C)C[C@H](C)C2)C(C)C)CC1. The molecule has 0 spiro atoms. The molecule has 28 heavy (non-hydrogen) atoms. The van der Waals surface area contributed by atoms with E-state index in [1.54, 1.807) is 4.90 Å². The van der Waals surface area contributed by atoms with Crippen molar-refractivity contribution >= 4 is 11.8 Å². The van der Waals surface area contributed by atoms with Gasteiger partial charge in [0.15, 0.2) is 0 Å². The minimum Gasteiger partial charge on any atom is -0.354 e. The standard InChI is InChI=1S/C23H43N3O2/c1-16(2)21(25-22(27)20-9-7-17(3)8-10-20)23(28)24-11-6-12-26-14-18(4)13-19(5)15-26/h16-21H,6-15H2,1-5H3,(H,24,28)(H,25,27)/p+1/t17?,18-,19+,20?,21-/m0/s1. The highest BCUT2D eigenvalue weighted by Crippen LogP contribution is 2.28. The van der Waals surface area contributed by atoms with Gasteiger partial charge in [-0.25, -0.2) is 0 Å². The Morgan fingerprint density at radius 3 is 2.14 bits per heavy atom. The summed E-state index contributed by atoms with van der Waals surface area (Å²) in [4.78, 5) is 27.0. The van der Waals surface area contributed by atoms with E-state index in [-0.39, 0.29) is 23.7 Å². The average Bonchev–Trinajstić information content (AvgIpc) is 2.62. The van der Waals surface area contributed by atoms with Crippen molar-refractivity contribution in [3.63, 3.8) is 0 Å². The predicted molar refractivity (Wildman–Crippen MR) is 114 cm³/mol. The number of hydrogen-bond donors (Lipinski definition) is 3. The van der Waals surface area contributed by atoms with Crippen molar-refractivity contribution in [3.8, 4) is 0 Å². The molecule has 2 amide bonds. The van der Waals surface area contributed by atoms with Gasteiger partial charge in [-0.15, -0.1) is 0 Å². The molecule has 0 aromatic rings. The number of carbonyl (C=O) groups is 2. The first-order chi connectivity index (χ1) is 13.3. The Labute approximate surface area is 172 Å². The van der Waals surface area contributed by atoms with Gasteiger partial charge in [-0.2, -0.15) is 0 Å². The maximum Gasteiger partial charge on any atom is 0.242 e. The molecule has 162 valence electrons. The zero-order valence-corrected chi connectivity index (χ0v) is 18.9. The highest BCUT2D eigenvalue weighted by atomic mass is 16.2. The smallest absolute Gasteiger partial charge is 0.242 e. The second-order valence-electron chi connectivity index (χ2n) is 10.2. The Hall–Kier alpha value is -1.10. The van der Waals surface area contributed by atoms with Gasteiger partial charge in [-0.3, -0.25) is 9.59 Å². The van der Waals surface area contributed by atoms with Crippen molar-refractivity contribution in [3.05, 3.63) is 0 Å². The van der Waals surface area contributed by atoms with Crippen molar-refractivity contribution in [2.75, 3.05) is 26.2 Å². The largest absolute Gasteiger partial charge is 0.354 e. The Balaban J connectivity index is 1.72. The zero-order valence-electron chi connectivity index (χ0n) is 18.9. The zero-order chi connectivity index (χ0) is 20.7. The second kappa shape index (κ2) is 11.2. The summed E-state index contributed by atoms with van der Waals surface area (Å²) in [6, 6.07) is -0.422. The quantitative estimate of drug-likeness (QED) is 0.552. The monoisotopic (exact) mass is 394 g/mol. The van der Waals surface area contributed by atoms with Gasteiger partial charge in [0.1, 0.15) is 6.04 Å². The van der Waals surface area contributed by atoms with Crippen LogP contribution in [-0.4, -0.2) is 44.0 Å². The van der Waals surface area contributed by atoms with Gasteiger partial charge >= 0.3 is 0 Å². The molecule has 1 aliphatic heterocycles. The Kier molecular flexibility index (Phi) is 9.26. The first-order valence-corrected chi connectivity index (χ1v) is 11.7. The molecular formula is C23H44N3O2+. The molecule has 3 N–H and O–H groups in total. The van der Waals surface area contributed by atoms with E-state index >= 15 is 0 Å². The summed E-state index contributed by atoms with van der Waals surface area (Å²) in [6.45, 7) is 15.3. The Bertz CT molecular complexity index is 490. The molecule has 2 rings (SSSR count). The molecule has 0 bridgehead atoms. The van der Waals surface area contributed by atoms with Crippen LogP contribution in [-0.2, 0) is 9.59 Å². The number of quaternary nitrogens is 1. The maximum absolute atomic E-state index is 12.7. The van der Waals surface area contributed by atoms with Gasteiger partial charge in [0.2, 0.25) is 11.8 Å². The van der Waals surface area contributed by atoms with E-state index < -0.39 is 6.04 Å². The molecule has 1 aliphatic carbocycles. The molecule has 1 saturated carbocycles. The molecule has 5 heteroatoms. The number of piperidine rings is 1. The summed E-state index contributed by atoms with van der Waals surface area (Å²) in [7, 11) is 0. The van der Waals surface area contributed by atoms with Crippen LogP contribution < -0.4 is 15.5 Å². The number of hydrogen-bond acceptors (Lipinski definition) is 2. The Morgan fingerprint density at radius 2 is 1.57 bits per heavy atom. The highest BCUT2D eigenvalue weighted by molar-refractivity contribution is 5.88. The van der Waals surface area contributed by atoms with Crippen molar-refractivity contribution in [1.29, 1.82) is 0 Å². The first kappa shape index (κ1) is 23.2. The molecule has 4 atom stereocenters. The van der Waals surface area contributed by atoms with Crippen LogP contribution in [0.2, 0.25) is 0 Å². The lowest BCUT2D eigenvalue weighted by Crippen LogP contribution is -3.14. The van der Waals surface area contributed by atoms with Crippen molar-refractivity contribution in [2.24, 2.45) is 29.6 Å². The molecule has 0 radical (unpaired) electrons. The van der Waals surface area contributed by atoms with Gasteiger partial charge in [-0.1, -0.05) is 34.6 Å². The van der Waals surface area contributed by atoms with Crippen LogP contribution in [0, 0.1) is 29.6 Å². The van der Waals surface area contributed by atoms with Crippen LogP contribution in [0.25, 0.3) is 0 Å². The molecule has 0 aromatic heterocycles. The van der Waals surface area contributed by atoms with Crippen molar-refractivity contribution in [1.82, 2.24) is 10.6 Å². The maximum atomic E-state index is 12.7. The van der Waals surface area contributed by atoms with Crippen LogP contribution in [0.5, 0.6) is 0 Å². The van der Waals surface area contributed by atoms with Gasteiger partial charge in [0.05, 0.1) is 19.6 Å². The summed E-state index contributed by atoms with van der Waals surface area (Å²) in [5.41, 5.74) is 0. The van der Waals surface area contributed by atoms with Crippen molar-refractivity contribution < 1.29 is 14.5 Å². The molecule has 1 unspecified atom stereocenters. The van der Waals surface area contributed by atoms with E-state index in [4.69, 9.17) is 0 Å². The van der Waals surface area contributed by atoms with Crippen LogP contribution >= 0.6 is 0 Å². The van der Waals surface area contributed by atoms with Gasteiger partial charge in [0.25, 0.3) is 0 Å². The third kappa shape index (κ3) is 7.38. The third-order valence-corrected chi connectivity index (χ3v) is 6.72. The predicted octanol–water partition coefficient (Wildman–Crippen LogP) is 2.02. The molecule has 2 fully saturated rings. The van der Waals surface area contributed by atoms with Crippen molar-refractivity contribution in [2.45, 2.75) is 79.2 Å². The molecule has 1 saturated heterocycles. The van der Waals surface area contributed by atoms with Crippen LogP contribution in [0.1, 0.15) is 73.1 Å². The average molecular weight is 395 g/mol. The minimum atomic E-state index is -0.422. The van der Waals surface area contributed by atoms with E-state index in [1.165, 1.54) is 19.5 Å². The number of amides is 2. The fourth-order valence-electron chi connectivity index (χ4n) is 5.11. The van der Waals surface area contributed by atoms with Gasteiger partial charge < -0.3 is 15.5 Å².